The zero-order valence-corrected chi connectivity index (χ0v) is 7.58. The van der Waals surface area contributed by atoms with Crippen LogP contribution in [0.25, 0.3) is 0 Å². The molecule has 4 heteroatoms. The van der Waals surface area contributed by atoms with Crippen LogP contribution < -0.4 is 0 Å². The van der Waals surface area contributed by atoms with Crippen LogP contribution in [0.4, 0.5) is 0 Å². The van der Waals surface area contributed by atoms with Crippen molar-refractivity contribution >= 4 is 5.90 Å². The molecule has 1 atom stereocenters. The molecule has 1 aliphatic heterocycles. The second-order valence-electron chi connectivity index (χ2n) is 2.62. The van der Waals surface area contributed by atoms with Gasteiger partial charge in [0.25, 0.3) is 0 Å². The third-order valence-electron chi connectivity index (χ3n) is 1.48. The van der Waals surface area contributed by atoms with E-state index in [0.29, 0.717) is 25.2 Å². The molecule has 0 aromatic heterocycles. The van der Waals surface area contributed by atoms with Gasteiger partial charge >= 0.3 is 0 Å². The Balaban J connectivity index is 1.94. The number of hydrogen-bond donors (Lipinski definition) is 0. The summed E-state index contributed by atoms with van der Waals surface area (Å²) in [7, 11) is 0. The van der Waals surface area contributed by atoms with Crippen LogP contribution in [-0.4, -0.2) is 31.8 Å². The Morgan fingerprint density at radius 3 is 3.00 bits per heavy atom. The number of rotatable bonds is 5. The minimum absolute atomic E-state index is 0.410. The maximum absolute atomic E-state index is 5.06. The van der Waals surface area contributed by atoms with Gasteiger partial charge in [0, 0.05) is 13.3 Å². The highest BCUT2D eigenvalue weighted by Crippen LogP contribution is 2.12. The third-order valence-corrected chi connectivity index (χ3v) is 1.48. The van der Waals surface area contributed by atoms with Gasteiger partial charge in [0.1, 0.15) is 6.61 Å². The summed E-state index contributed by atoms with van der Waals surface area (Å²) in [4.78, 5) is 4.98. The van der Waals surface area contributed by atoms with Crippen LogP contribution in [0.2, 0.25) is 0 Å². The fraction of sp³-hybridized carbons (Fsp3) is 0.875. The lowest BCUT2D eigenvalue weighted by Gasteiger charge is -2.01. The van der Waals surface area contributed by atoms with Crippen molar-refractivity contribution in [3.05, 3.63) is 0 Å². The molecule has 70 valence electrons. The van der Waals surface area contributed by atoms with Gasteiger partial charge < -0.3 is 14.3 Å². The molecule has 0 saturated carbocycles. The van der Waals surface area contributed by atoms with Gasteiger partial charge in [-0.15, -0.1) is 0 Å². The first kappa shape index (κ1) is 9.32. The van der Waals surface area contributed by atoms with E-state index in [-0.39, 0.29) is 0 Å². The largest absolute Gasteiger partial charge is 0.479 e. The molecular weight excluding hydrogens is 158 g/mol. The summed E-state index contributed by atoms with van der Waals surface area (Å²) < 4.78 is 10.1. The topological polar surface area (TPSA) is 43.4 Å². The van der Waals surface area contributed by atoms with Crippen LogP contribution in [0.5, 0.6) is 0 Å². The van der Waals surface area contributed by atoms with Crippen molar-refractivity contribution in [2.45, 2.75) is 26.4 Å². The maximum atomic E-state index is 5.06. The molecule has 12 heavy (non-hydrogen) atoms. The van der Waals surface area contributed by atoms with E-state index in [1.165, 1.54) is 0 Å². The molecule has 0 aromatic carbocycles. The number of epoxide rings is 1. The molecule has 0 aliphatic carbocycles. The normalized spacial score (nSPS) is 22.2. The fourth-order valence-corrected chi connectivity index (χ4v) is 0.791. The standard InChI is InChI=1S/C8H15NO3/c1-3-10-7(2)9-12-5-4-8-6-11-8/h8H,3-6H2,1-2H3/b9-7-. The predicted molar refractivity (Wildman–Crippen MR) is 45.0 cm³/mol. The molecular formula is C8H15NO3. The Labute approximate surface area is 72.5 Å². The lowest BCUT2D eigenvalue weighted by Crippen LogP contribution is -2.01. The highest BCUT2D eigenvalue weighted by Gasteiger charge is 2.21. The molecule has 4 nitrogen and oxygen atoms in total. The van der Waals surface area contributed by atoms with Gasteiger partial charge in [-0.05, 0) is 6.92 Å². The van der Waals surface area contributed by atoms with Crippen LogP contribution in [0.3, 0.4) is 0 Å². The summed E-state index contributed by atoms with van der Waals surface area (Å²) in [6, 6.07) is 0. The second-order valence-corrected chi connectivity index (χ2v) is 2.62. The van der Waals surface area contributed by atoms with E-state index in [4.69, 9.17) is 14.3 Å². The Hall–Kier alpha value is -0.770. The predicted octanol–water partition coefficient (Wildman–Crippen LogP) is 1.16. The second kappa shape index (κ2) is 4.98. The molecule has 1 aliphatic rings. The van der Waals surface area contributed by atoms with Gasteiger partial charge in [0.05, 0.1) is 19.3 Å². The number of oxime groups is 1. The smallest absolute Gasteiger partial charge is 0.222 e. The highest BCUT2D eigenvalue weighted by molar-refractivity contribution is 5.72. The zero-order chi connectivity index (χ0) is 8.81. The number of ether oxygens (including phenoxy) is 2. The molecule has 1 fully saturated rings. The molecule has 0 N–H and O–H groups in total. The maximum Gasteiger partial charge on any atom is 0.222 e. The van der Waals surface area contributed by atoms with E-state index in [2.05, 4.69) is 5.16 Å². The lowest BCUT2D eigenvalue weighted by atomic mass is 10.4. The van der Waals surface area contributed by atoms with Crippen molar-refractivity contribution in [2.24, 2.45) is 5.16 Å². The van der Waals surface area contributed by atoms with E-state index < -0.39 is 0 Å². The van der Waals surface area contributed by atoms with Gasteiger partial charge in [0.2, 0.25) is 5.90 Å². The first-order valence-electron chi connectivity index (χ1n) is 4.24. The van der Waals surface area contributed by atoms with Crippen molar-refractivity contribution < 1.29 is 14.3 Å². The Morgan fingerprint density at radius 2 is 2.42 bits per heavy atom. The van der Waals surface area contributed by atoms with Gasteiger partial charge in [-0.2, -0.15) is 0 Å². The van der Waals surface area contributed by atoms with E-state index >= 15 is 0 Å². The summed E-state index contributed by atoms with van der Waals surface area (Å²) in [6.45, 7) is 5.80. The SMILES string of the molecule is CCO/C(C)=N\OCCC1CO1. The van der Waals surface area contributed by atoms with Crippen LogP contribution in [0.1, 0.15) is 20.3 Å². The van der Waals surface area contributed by atoms with Crippen molar-refractivity contribution in [1.29, 1.82) is 0 Å². The first-order valence-corrected chi connectivity index (χ1v) is 4.24. The summed E-state index contributed by atoms with van der Waals surface area (Å²) in [6.07, 6.45) is 1.33. The van der Waals surface area contributed by atoms with Crippen molar-refractivity contribution in [3.63, 3.8) is 0 Å². The molecule has 0 amide bonds. The molecule has 0 radical (unpaired) electrons. The highest BCUT2D eigenvalue weighted by atomic mass is 16.6. The third kappa shape index (κ3) is 4.18. The first-order chi connectivity index (χ1) is 5.83. The van der Waals surface area contributed by atoms with Gasteiger partial charge in [-0.3, -0.25) is 0 Å². The minimum atomic E-state index is 0.410. The monoisotopic (exact) mass is 173 g/mol. The molecule has 0 bridgehead atoms. The molecule has 0 spiro atoms. The Bertz CT molecular complexity index is 154. The van der Waals surface area contributed by atoms with Crippen molar-refractivity contribution in [2.75, 3.05) is 19.8 Å². The zero-order valence-electron chi connectivity index (χ0n) is 7.58. The fourth-order valence-electron chi connectivity index (χ4n) is 0.791. The Morgan fingerprint density at radius 1 is 1.67 bits per heavy atom. The summed E-state index contributed by atoms with van der Waals surface area (Å²) in [5.74, 6) is 0.578. The lowest BCUT2D eigenvalue weighted by molar-refractivity contribution is 0.124. The Kier molecular flexibility index (Phi) is 3.87. The van der Waals surface area contributed by atoms with E-state index in [9.17, 15) is 0 Å². The average molecular weight is 173 g/mol. The number of hydrogen-bond acceptors (Lipinski definition) is 4. The minimum Gasteiger partial charge on any atom is -0.479 e. The summed E-state index contributed by atoms with van der Waals surface area (Å²) in [5, 5.41) is 3.75. The molecule has 1 saturated heterocycles. The van der Waals surface area contributed by atoms with Gasteiger partial charge in [0.15, 0.2) is 0 Å². The summed E-state index contributed by atoms with van der Waals surface area (Å²) >= 11 is 0. The van der Waals surface area contributed by atoms with Crippen molar-refractivity contribution in [1.82, 2.24) is 0 Å². The van der Waals surface area contributed by atoms with Gasteiger partial charge in [-0.1, -0.05) is 5.16 Å². The van der Waals surface area contributed by atoms with Crippen LogP contribution in [0.15, 0.2) is 5.16 Å². The van der Waals surface area contributed by atoms with Crippen LogP contribution in [0, 0.1) is 0 Å². The molecule has 1 unspecified atom stereocenters. The van der Waals surface area contributed by atoms with E-state index in [1.54, 1.807) is 6.92 Å². The summed E-state index contributed by atoms with van der Waals surface area (Å²) in [5.41, 5.74) is 0. The van der Waals surface area contributed by atoms with E-state index in [0.717, 1.165) is 13.0 Å². The quantitative estimate of drug-likeness (QED) is 0.206. The van der Waals surface area contributed by atoms with Gasteiger partial charge in [-0.25, -0.2) is 0 Å². The number of nitrogens with zero attached hydrogens (tertiary/aromatic N) is 1. The van der Waals surface area contributed by atoms with E-state index in [1.807, 2.05) is 6.92 Å². The molecule has 0 aromatic rings. The van der Waals surface area contributed by atoms with Crippen molar-refractivity contribution in [3.8, 4) is 0 Å². The average Bonchev–Trinajstić information content (AvgIpc) is 2.82. The molecule has 1 rings (SSSR count). The molecule has 1 heterocycles. The van der Waals surface area contributed by atoms with Crippen LogP contribution >= 0.6 is 0 Å². The van der Waals surface area contributed by atoms with Crippen LogP contribution in [-0.2, 0) is 14.3 Å².